The van der Waals surface area contributed by atoms with E-state index in [1.54, 1.807) is 11.3 Å². The van der Waals surface area contributed by atoms with Crippen molar-refractivity contribution in [1.29, 1.82) is 0 Å². The van der Waals surface area contributed by atoms with Crippen molar-refractivity contribution in [3.05, 3.63) is 22.4 Å². The average molecular weight is 297 g/mol. The van der Waals surface area contributed by atoms with Crippen molar-refractivity contribution in [3.8, 4) is 0 Å². The van der Waals surface area contributed by atoms with E-state index < -0.39 is 0 Å². The molecule has 0 aliphatic carbocycles. The molecule has 1 aliphatic rings. The van der Waals surface area contributed by atoms with Crippen LogP contribution in [0.3, 0.4) is 0 Å². The van der Waals surface area contributed by atoms with E-state index in [0.717, 1.165) is 25.9 Å². The van der Waals surface area contributed by atoms with Gasteiger partial charge in [0.25, 0.3) is 0 Å². The molecular formula is C15H27N3OS. The summed E-state index contributed by atoms with van der Waals surface area (Å²) in [6.45, 7) is 3.84. The molecular weight excluding hydrogens is 270 g/mol. The Hall–Kier alpha value is -0.460. The Morgan fingerprint density at radius 3 is 2.85 bits per heavy atom. The van der Waals surface area contributed by atoms with E-state index in [4.69, 9.17) is 5.73 Å². The zero-order chi connectivity index (χ0) is 14.7. The van der Waals surface area contributed by atoms with Gasteiger partial charge in [-0.25, -0.2) is 0 Å². The van der Waals surface area contributed by atoms with E-state index in [-0.39, 0.29) is 18.2 Å². The predicted octanol–water partition coefficient (Wildman–Crippen LogP) is 1.52. The van der Waals surface area contributed by atoms with Gasteiger partial charge in [0, 0.05) is 30.1 Å². The monoisotopic (exact) mass is 297 g/mol. The summed E-state index contributed by atoms with van der Waals surface area (Å²) in [4.78, 5) is 5.93. The first kappa shape index (κ1) is 15.9. The molecule has 4 atom stereocenters. The molecule has 0 radical (unpaired) electrons. The summed E-state index contributed by atoms with van der Waals surface area (Å²) < 4.78 is 0. The van der Waals surface area contributed by atoms with Crippen LogP contribution >= 0.6 is 11.3 Å². The van der Waals surface area contributed by atoms with Gasteiger partial charge in [0.05, 0.1) is 12.1 Å². The molecule has 5 heteroatoms. The molecule has 2 rings (SSSR count). The van der Waals surface area contributed by atoms with Crippen LogP contribution in [0, 0.1) is 0 Å². The van der Waals surface area contributed by atoms with Crippen molar-refractivity contribution >= 4 is 11.3 Å². The fraction of sp³-hybridized carbons (Fsp3) is 0.733. The topological polar surface area (TPSA) is 52.7 Å². The number of nitrogens with two attached hydrogens (primary N) is 1. The van der Waals surface area contributed by atoms with Crippen LogP contribution < -0.4 is 5.73 Å². The highest BCUT2D eigenvalue weighted by Crippen LogP contribution is 2.34. The molecule has 2 heterocycles. The van der Waals surface area contributed by atoms with Crippen molar-refractivity contribution in [3.63, 3.8) is 0 Å². The van der Waals surface area contributed by atoms with Gasteiger partial charge in [0.2, 0.25) is 0 Å². The normalized spacial score (nSPS) is 27.1. The minimum absolute atomic E-state index is 0.114. The number of β-amino-alcohol motifs (C(OH)–C–C–N with tert-alkyl or cyclic N) is 1. The summed E-state index contributed by atoms with van der Waals surface area (Å²) in [6, 6.07) is 4.97. The maximum absolute atomic E-state index is 10.1. The Balaban J connectivity index is 2.22. The van der Waals surface area contributed by atoms with Crippen LogP contribution in [0.2, 0.25) is 0 Å². The van der Waals surface area contributed by atoms with Crippen molar-refractivity contribution in [2.24, 2.45) is 5.73 Å². The van der Waals surface area contributed by atoms with Crippen LogP contribution in [-0.4, -0.2) is 60.3 Å². The summed E-state index contributed by atoms with van der Waals surface area (Å²) in [7, 11) is 4.17. The van der Waals surface area contributed by atoms with Crippen LogP contribution in [0.15, 0.2) is 17.5 Å². The van der Waals surface area contributed by atoms with E-state index in [9.17, 15) is 5.11 Å². The molecule has 0 spiro atoms. The van der Waals surface area contributed by atoms with Crippen LogP contribution in [0.4, 0.5) is 0 Å². The molecule has 4 nitrogen and oxygen atoms in total. The highest BCUT2D eigenvalue weighted by molar-refractivity contribution is 7.10. The van der Waals surface area contributed by atoms with Crippen LogP contribution in [-0.2, 0) is 0 Å². The molecule has 3 N–H and O–H groups in total. The van der Waals surface area contributed by atoms with Crippen LogP contribution in [0.5, 0.6) is 0 Å². The Morgan fingerprint density at radius 1 is 1.55 bits per heavy atom. The standard InChI is InChI=1S/C15H27N3OS/c1-4-13(16)15(14-6-5-7-20-14)18-10-12(19)8-11(18)9-17(2)3/h5-7,11-13,15,19H,4,8-10,16H2,1-3H3. The first-order valence-corrected chi connectivity index (χ1v) is 8.28. The summed E-state index contributed by atoms with van der Waals surface area (Å²) in [5, 5.41) is 12.2. The minimum atomic E-state index is -0.230. The largest absolute Gasteiger partial charge is 0.392 e. The molecule has 114 valence electrons. The molecule has 20 heavy (non-hydrogen) atoms. The van der Waals surface area contributed by atoms with Gasteiger partial charge in [-0.2, -0.15) is 0 Å². The number of aliphatic hydroxyl groups excluding tert-OH is 1. The lowest BCUT2D eigenvalue weighted by Gasteiger charge is -2.36. The molecule has 1 aromatic heterocycles. The molecule has 1 aromatic rings. The zero-order valence-corrected chi connectivity index (χ0v) is 13.5. The lowest BCUT2D eigenvalue weighted by molar-refractivity contribution is 0.121. The van der Waals surface area contributed by atoms with Crippen molar-refractivity contribution in [2.45, 2.75) is 44.0 Å². The maximum atomic E-state index is 10.1. The Kier molecular flexibility index (Phi) is 5.57. The number of aliphatic hydroxyl groups is 1. The Morgan fingerprint density at radius 2 is 2.30 bits per heavy atom. The number of likely N-dealkylation sites (tertiary alicyclic amines) is 1. The molecule has 1 saturated heterocycles. The minimum Gasteiger partial charge on any atom is -0.392 e. The van der Waals surface area contributed by atoms with E-state index in [2.05, 4.69) is 48.3 Å². The highest BCUT2D eigenvalue weighted by Gasteiger charge is 2.38. The fourth-order valence-corrected chi connectivity index (χ4v) is 4.08. The third kappa shape index (κ3) is 3.59. The van der Waals surface area contributed by atoms with Crippen molar-refractivity contribution in [2.75, 3.05) is 27.2 Å². The fourth-order valence-electron chi connectivity index (χ4n) is 3.16. The molecule has 0 amide bonds. The summed E-state index contributed by atoms with van der Waals surface area (Å²) in [5.41, 5.74) is 6.40. The first-order valence-electron chi connectivity index (χ1n) is 7.40. The number of hydrogen-bond acceptors (Lipinski definition) is 5. The van der Waals surface area contributed by atoms with Gasteiger partial charge in [-0.3, -0.25) is 4.90 Å². The first-order chi connectivity index (χ1) is 9.52. The third-order valence-corrected chi connectivity index (χ3v) is 5.02. The smallest absolute Gasteiger partial charge is 0.0682 e. The zero-order valence-electron chi connectivity index (χ0n) is 12.7. The second kappa shape index (κ2) is 7.00. The van der Waals surface area contributed by atoms with E-state index in [0.29, 0.717) is 6.04 Å². The van der Waals surface area contributed by atoms with Gasteiger partial charge in [0.15, 0.2) is 0 Å². The second-order valence-electron chi connectivity index (χ2n) is 6.03. The van der Waals surface area contributed by atoms with Crippen molar-refractivity contribution < 1.29 is 5.11 Å². The van der Waals surface area contributed by atoms with Crippen LogP contribution in [0.1, 0.15) is 30.7 Å². The van der Waals surface area contributed by atoms with Gasteiger partial charge in [0.1, 0.15) is 0 Å². The lowest BCUT2D eigenvalue weighted by atomic mass is 10.0. The summed E-state index contributed by atoms with van der Waals surface area (Å²) in [5.74, 6) is 0. The number of nitrogens with zero attached hydrogens (tertiary/aromatic N) is 2. The number of hydrogen-bond donors (Lipinski definition) is 2. The number of rotatable bonds is 6. The van der Waals surface area contributed by atoms with Gasteiger partial charge >= 0.3 is 0 Å². The molecule has 0 saturated carbocycles. The van der Waals surface area contributed by atoms with Gasteiger partial charge in [-0.1, -0.05) is 13.0 Å². The van der Waals surface area contributed by atoms with Gasteiger partial charge in [-0.15, -0.1) is 11.3 Å². The van der Waals surface area contributed by atoms with E-state index >= 15 is 0 Å². The summed E-state index contributed by atoms with van der Waals surface area (Å²) >= 11 is 1.77. The molecule has 1 fully saturated rings. The molecule has 1 aliphatic heterocycles. The lowest BCUT2D eigenvalue weighted by Crippen LogP contribution is -2.46. The third-order valence-electron chi connectivity index (χ3n) is 4.08. The summed E-state index contributed by atoms with van der Waals surface area (Å²) in [6.07, 6.45) is 1.56. The van der Waals surface area contributed by atoms with E-state index in [1.807, 2.05) is 0 Å². The molecule has 4 unspecified atom stereocenters. The van der Waals surface area contributed by atoms with E-state index in [1.165, 1.54) is 4.88 Å². The van der Waals surface area contributed by atoms with Crippen molar-refractivity contribution in [1.82, 2.24) is 9.80 Å². The molecule has 0 aromatic carbocycles. The van der Waals surface area contributed by atoms with Gasteiger partial charge in [-0.05, 0) is 38.4 Å². The SMILES string of the molecule is CCC(N)C(c1cccs1)N1CC(O)CC1CN(C)C. The Bertz CT molecular complexity index is 396. The van der Waals surface area contributed by atoms with Crippen LogP contribution in [0.25, 0.3) is 0 Å². The predicted molar refractivity (Wildman–Crippen MR) is 85.0 cm³/mol. The molecule has 0 bridgehead atoms. The second-order valence-corrected chi connectivity index (χ2v) is 7.01. The average Bonchev–Trinajstić information content (AvgIpc) is 3.00. The Labute approximate surface area is 126 Å². The quantitative estimate of drug-likeness (QED) is 0.836. The maximum Gasteiger partial charge on any atom is 0.0682 e. The number of thiophene rings is 1. The number of likely N-dealkylation sites (N-methyl/N-ethyl adjacent to an activating group) is 1. The highest BCUT2D eigenvalue weighted by atomic mass is 32.1. The van der Waals surface area contributed by atoms with Gasteiger partial charge < -0.3 is 15.7 Å².